The first kappa shape index (κ1) is 25.4. The highest BCUT2D eigenvalue weighted by atomic mass is 16.2. The van der Waals surface area contributed by atoms with E-state index in [1.807, 2.05) is 69.3 Å². The van der Waals surface area contributed by atoms with Crippen molar-refractivity contribution in [1.82, 2.24) is 15.2 Å². The molecule has 1 aromatic heterocycles. The molecule has 0 radical (unpaired) electrons. The Morgan fingerprint density at radius 2 is 1.83 bits per heavy atom. The molecule has 2 N–H and O–H groups in total. The van der Waals surface area contributed by atoms with Gasteiger partial charge in [-0.25, -0.2) is 4.98 Å². The van der Waals surface area contributed by atoms with Crippen LogP contribution in [0.15, 0.2) is 60.8 Å². The molecule has 7 heteroatoms. The lowest BCUT2D eigenvalue weighted by Gasteiger charge is -2.35. The molecule has 4 rings (SSSR count). The van der Waals surface area contributed by atoms with Crippen molar-refractivity contribution in [3.05, 3.63) is 71.9 Å². The summed E-state index contributed by atoms with van der Waals surface area (Å²) in [5.41, 5.74) is 1.92. The highest BCUT2D eigenvalue weighted by molar-refractivity contribution is 5.93. The van der Waals surface area contributed by atoms with Gasteiger partial charge in [-0.1, -0.05) is 62.4 Å². The summed E-state index contributed by atoms with van der Waals surface area (Å²) in [6.07, 6.45) is 3.36. The van der Waals surface area contributed by atoms with Gasteiger partial charge in [-0.05, 0) is 53.6 Å². The topological polar surface area (TPSA) is 91.4 Å². The van der Waals surface area contributed by atoms with Crippen LogP contribution in [0.1, 0.15) is 37.8 Å². The Bertz CT molecular complexity index is 1240. The minimum Gasteiger partial charge on any atom is -0.344 e. The second-order valence-corrected chi connectivity index (χ2v) is 9.98. The van der Waals surface area contributed by atoms with Gasteiger partial charge >= 0.3 is 0 Å². The molecule has 2 heterocycles. The number of hydrogen-bond donors (Lipinski definition) is 2. The summed E-state index contributed by atoms with van der Waals surface area (Å²) in [6, 6.07) is 17.0. The van der Waals surface area contributed by atoms with Crippen LogP contribution < -0.4 is 10.6 Å². The summed E-state index contributed by atoms with van der Waals surface area (Å²) in [6.45, 7) is 6.70. The number of nitrogens with zero attached hydrogens (tertiary/aromatic N) is 2. The fourth-order valence-corrected chi connectivity index (χ4v) is 4.63. The fraction of sp³-hybridized carbons (Fsp3) is 0.379. The number of aromatic nitrogens is 1. The first-order valence-electron chi connectivity index (χ1n) is 12.6. The molecule has 36 heavy (non-hydrogen) atoms. The molecule has 3 amide bonds. The van der Waals surface area contributed by atoms with E-state index in [-0.39, 0.29) is 36.0 Å². The molecular weight excluding hydrogens is 452 g/mol. The predicted molar refractivity (Wildman–Crippen MR) is 141 cm³/mol. The predicted octanol–water partition coefficient (Wildman–Crippen LogP) is 4.10. The van der Waals surface area contributed by atoms with Crippen LogP contribution in [0.4, 0.5) is 5.82 Å². The van der Waals surface area contributed by atoms with E-state index < -0.39 is 6.04 Å². The number of nitrogens with one attached hydrogen (secondary N) is 2. The molecule has 188 valence electrons. The van der Waals surface area contributed by atoms with Crippen molar-refractivity contribution in [2.24, 2.45) is 11.8 Å². The third-order valence-electron chi connectivity index (χ3n) is 6.69. The van der Waals surface area contributed by atoms with Gasteiger partial charge in [0.15, 0.2) is 0 Å². The molecule has 1 fully saturated rings. The van der Waals surface area contributed by atoms with Gasteiger partial charge in [-0.3, -0.25) is 14.4 Å². The monoisotopic (exact) mass is 486 g/mol. The standard InChI is InChI=1S/C29H34N4O3/c1-19(2)27(32-26(34)16-21-11-12-22-7-4-5-8-23(22)15-21)29(36)33-14-6-9-24(18-33)28(35)31-25-13-10-20(3)17-30-25/h4-5,7-8,10-13,15,17,19,24,27H,6,9,14,16,18H2,1-3H3,(H,32,34)(H,30,31,35). The maximum Gasteiger partial charge on any atom is 0.245 e. The quantitative estimate of drug-likeness (QED) is 0.526. The van der Waals surface area contributed by atoms with Gasteiger partial charge in [-0.15, -0.1) is 0 Å². The number of likely N-dealkylation sites (tertiary alicyclic amines) is 1. The largest absolute Gasteiger partial charge is 0.344 e. The zero-order valence-corrected chi connectivity index (χ0v) is 21.2. The number of aryl methyl sites for hydroxylation is 1. The van der Waals surface area contributed by atoms with Crippen molar-refractivity contribution in [2.45, 2.75) is 46.1 Å². The second kappa shape index (κ2) is 11.3. The summed E-state index contributed by atoms with van der Waals surface area (Å²) >= 11 is 0. The summed E-state index contributed by atoms with van der Waals surface area (Å²) in [5, 5.41) is 8.03. The van der Waals surface area contributed by atoms with Gasteiger partial charge in [0.2, 0.25) is 17.7 Å². The van der Waals surface area contributed by atoms with Crippen LogP contribution in [0.25, 0.3) is 10.8 Å². The van der Waals surface area contributed by atoms with E-state index in [1.54, 1.807) is 17.2 Å². The number of amides is 3. The third-order valence-corrected chi connectivity index (χ3v) is 6.69. The van der Waals surface area contributed by atoms with Crippen LogP contribution in [0, 0.1) is 18.8 Å². The maximum atomic E-state index is 13.4. The first-order valence-corrected chi connectivity index (χ1v) is 12.6. The molecule has 0 saturated carbocycles. The Morgan fingerprint density at radius 1 is 1.06 bits per heavy atom. The molecule has 0 aliphatic carbocycles. The minimum atomic E-state index is -0.640. The van der Waals surface area contributed by atoms with Crippen molar-refractivity contribution in [1.29, 1.82) is 0 Å². The van der Waals surface area contributed by atoms with Crippen LogP contribution in [0.3, 0.4) is 0 Å². The number of piperidine rings is 1. The smallest absolute Gasteiger partial charge is 0.245 e. The van der Waals surface area contributed by atoms with Crippen LogP contribution in [0.2, 0.25) is 0 Å². The average molecular weight is 487 g/mol. The van der Waals surface area contributed by atoms with Gasteiger partial charge in [0.05, 0.1) is 12.3 Å². The Balaban J connectivity index is 1.37. The number of hydrogen-bond acceptors (Lipinski definition) is 4. The lowest BCUT2D eigenvalue weighted by Crippen LogP contribution is -2.54. The molecule has 0 spiro atoms. The highest BCUT2D eigenvalue weighted by Gasteiger charge is 2.34. The SMILES string of the molecule is Cc1ccc(NC(=O)C2CCCN(C(=O)C(NC(=O)Cc3ccc4ccccc4c3)C(C)C)C2)nc1. The zero-order valence-electron chi connectivity index (χ0n) is 21.2. The highest BCUT2D eigenvalue weighted by Crippen LogP contribution is 2.21. The maximum absolute atomic E-state index is 13.4. The zero-order chi connectivity index (χ0) is 25.7. The first-order chi connectivity index (χ1) is 17.3. The van der Waals surface area contributed by atoms with Crippen molar-refractivity contribution in [2.75, 3.05) is 18.4 Å². The number of pyridine rings is 1. The summed E-state index contributed by atoms with van der Waals surface area (Å²) in [7, 11) is 0. The number of anilines is 1. The van der Waals surface area contributed by atoms with E-state index in [0.717, 1.165) is 28.3 Å². The van der Waals surface area contributed by atoms with Gasteiger partial charge in [0, 0.05) is 19.3 Å². The fourth-order valence-electron chi connectivity index (χ4n) is 4.63. The molecule has 1 aliphatic rings. The molecule has 1 saturated heterocycles. The van der Waals surface area contributed by atoms with E-state index in [4.69, 9.17) is 0 Å². The summed E-state index contributed by atoms with van der Waals surface area (Å²) in [4.78, 5) is 45.1. The number of fused-ring (bicyclic) bond motifs is 1. The van der Waals surface area contributed by atoms with E-state index in [0.29, 0.717) is 25.3 Å². The van der Waals surface area contributed by atoms with Crippen molar-refractivity contribution >= 4 is 34.3 Å². The Morgan fingerprint density at radius 3 is 2.56 bits per heavy atom. The van der Waals surface area contributed by atoms with Crippen LogP contribution in [0.5, 0.6) is 0 Å². The normalized spacial score (nSPS) is 16.6. The number of benzene rings is 2. The Labute approximate surface area is 212 Å². The van der Waals surface area contributed by atoms with E-state index in [2.05, 4.69) is 15.6 Å². The number of carbonyl (C=O) groups excluding carboxylic acids is 3. The second-order valence-electron chi connectivity index (χ2n) is 9.98. The Kier molecular flexibility index (Phi) is 7.98. The van der Waals surface area contributed by atoms with E-state index in [1.165, 1.54) is 0 Å². The van der Waals surface area contributed by atoms with Crippen molar-refractivity contribution in [3.63, 3.8) is 0 Å². The van der Waals surface area contributed by atoms with Crippen LogP contribution in [-0.2, 0) is 20.8 Å². The Hall–Kier alpha value is -3.74. The molecule has 1 aliphatic heterocycles. The molecular formula is C29H34N4O3. The molecule has 2 atom stereocenters. The van der Waals surface area contributed by atoms with Gasteiger partial charge in [-0.2, -0.15) is 0 Å². The van der Waals surface area contributed by atoms with Gasteiger partial charge in [0.1, 0.15) is 11.9 Å². The van der Waals surface area contributed by atoms with Gasteiger partial charge < -0.3 is 15.5 Å². The van der Waals surface area contributed by atoms with Gasteiger partial charge in [0.25, 0.3) is 0 Å². The summed E-state index contributed by atoms with van der Waals surface area (Å²) < 4.78 is 0. The molecule has 0 bridgehead atoms. The van der Waals surface area contributed by atoms with E-state index in [9.17, 15) is 14.4 Å². The number of carbonyl (C=O) groups is 3. The molecule has 3 aromatic rings. The molecule has 2 aromatic carbocycles. The van der Waals surface area contributed by atoms with Crippen molar-refractivity contribution < 1.29 is 14.4 Å². The average Bonchev–Trinajstić information content (AvgIpc) is 2.88. The minimum absolute atomic E-state index is 0.0796. The van der Waals surface area contributed by atoms with Crippen LogP contribution in [-0.4, -0.2) is 46.7 Å². The lowest BCUT2D eigenvalue weighted by molar-refractivity contribution is -0.140. The van der Waals surface area contributed by atoms with Crippen LogP contribution >= 0.6 is 0 Å². The third kappa shape index (κ3) is 6.27. The van der Waals surface area contributed by atoms with E-state index >= 15 is 0 Å². The molecule has 2 unspecified atom stereocenters. The number of rotatable bonds is 7. The molecule has 7 nitrogen and oxygen atoms in total. The van der Waals surface area contributed by atoms with Crippen molar-refractivity contribution in [3.8, 4) is 0 Å². The lowest BCUT2D eigenvalue weighted by atomic mass is 9.94. The summed E-state index contributed by atoms with van der Waals surface area (Å²) in [5.74, 6) is -0.340.